The number of hydrogen-bond acceptors (Lipinski definition) is 8. The number of benzene rings is 2. The second kappa shape index (κ2) is 9.38. The summed E-state index contributed by atoms with van der Waals surface area (Å²) in [4.78, 5) is 8.41. The molecule has 4 aromatic rings. The van der Waals surface area contributed by atoms with Crippen LogP contribution in [0.4, 0.5) is 10.1 Å². The van der Waals surface area contributed by atoms with E-state index in [0.717, 1.165) is 16.1 Å². The number of pyridine rings is 1. The van der Waals surface area contributed by atoms with Crippen LogP contribution in [0.15, 0.2) is 77.6 Å². The highest BCUT2D eigenvalue weighted by Crippen LogP contribution is 2.30. The Morgan fingerprint density at radius 3 is 2.44 bits per heavy atom. The van der Waals surface area contributed by atoms with E-state index in [1.54, 1.807) is 36.7 Å². The minimum absolute atomic E-state index is 0.0398. The molecule has 2 heterocycles. The summed E-state index contributed by atoms with van der Waals surface area (Å²) < 4.78 is 19.8. The van der Waals surface area contributed by atoms with E-state index < -0.39 is 5.82 Å². The predicted molar refractivity (Wildman–Crippen MR) is 119 cm³/mol. The molecule has 4 rings (SSSR count). The fourth-order valence-electron chi connectivity index (χ4n) is 3.20. The van der Waals surface area contributed by atoms with Gasteiger partial charge in [-0.05, 0) is 36.2 Å². The smallest absolute Gasteiger partial charge is 0.276 e. The standard InChI is InChI=1S/C23H21FN6O2/c24-18-3-1-2-4-19(18)30(26)21(16-9-12-27-13-10-16)20(25)23-28-22(29-32-23)17-7-5-15(6-8-17)11-14-31/h1-10,12-13,31H,11,14,25-26H2/b21-20-. The molecule has 8 nitrogen and oxygen atoms in total. The Labute approximate surface area is 183 Å². The van der Waals surface area contributed by atoms with Gasteiger partial charge in [0, 0.05) is 30.1 Å². The Bertz CT molecular complexity index is 1220. The maximum absolute atomic E-state index is 14.4. The summed E-state index contributed by atoms with van der Waals surface area (Å²) in [5.74, 6) is 6.16. The number of aliphatic hydroxyl groups excluding tert-OH is 1. The van der Waals surface area contributed by atoms with E-state index in [2.05, 4.69) is 15.1 Å². The summed E-state index contributed by atoms with van der Waals surface area (Å²) in [5, 5.41) is 14.2. The van der Waals surface area contributed by atoms with E-state index in [1.165, 1.54) is 12.1 Å². The fourth-order valence-corrected chi connectivity index (χ4v) is 3.20. The van der Waals surface area contributed by atoms with Crippen LogP contribution in [-0.2, 0) is 6.42 Å². The van der Waals surface area contributed by atoms with E-state index in [1.807, 2.05) is 24.3 Å². The molecule has 5 N–H and O–H groups in total. The summed E-state index contributed by atoms with van der Waals surface area (Å²) in [6.45, 7) is 0.0718. The molecule has 0 atom stereocenters. The third kappa shape index (κ3) is 4.34. The molecule has 9 heteroatoms. The summed E-state index contributed by atoms with van der Waals surface area (Å²) in [7, 11) is 0. The molecule has 0 aliphatic carbocycles. The van der Waals surface area contributed by atoms with E-state index >= 15 is 0 Å². The van der Waals surface area contributed by atoms with Crippen LogP contribution in [0.5, 0.6) is 0 Å². The number of para-hydroxylation sites is 1. The number of aromatic nitrogens is 3. The van der Waals surface area contributed by atoms with Crippen molar-refractivity contribution in [2.24, 2.45) is 11.6 Å². The predicted octanol–water partition coefficient (Wildman–Crippen LogP) is 2.97. The molecule has 0 aliphatic heterocycles. The summed E-state index contributed by atoms with van der Waals surface area (Å²) in [5.41, 5.74) is 9.20. The summed E-state index contributed by atoms with van der Waals surface area (Å²) in [6.07, 6.45) is 3.71. The van der Waals surface area contributed by atoms with Gasteiger partial charge in [-0.1, -0.05) is 41.6 Å². The van der Waals surface area contributed by atoms with Gasteiger partial charge >= 0.3 is 0 Å². The van der Waals surface area contributed by atoms with E-state index in [0.29, 0.717) is 17.8 Å². The fraction of sp³-hybridized carbons (Fsp3) is 0.0870. The number of anilines is 1. The molecular formula is C23H21FN6O2. The van der Waals surface area contributed by atoms with Gasteiger partial charge < -0.3 is 15.4 Å². The van der Waals surface area contributed by atoms with Crippen LogP contribution in [0.25, 0.3) is 22.8 Å². The number of nitrogens with two attached hydrogens (primary N) is 2. The Kier molecular flexibility index (Phi) is 6.20. The van der Waals surface area contributed by atoms with Crippen LogP contribution >= 0.6 is 0 Å². The van der Waals surface area contributed by atoms with Gasteiger partial charge in [-0.3, -0.25) is 9.99 Å². The minimum Gasteiger partial charge on any atom is -0.396 e. The van der Waals surface area contributed by atoms with Crippen molar-refractivity contribution in [1.29, 1.82) is 0 Å². The molecule has 162 valence electrons. The zero-order chi connectivity index (χ0) is 22.5. The molecule has 0 amide bonds. The monoisotopic (exact) mass is 432 g/mol. The first kappa shape index (κ1) is 21.2. The molecule has 0 aliphatic rings. The zero-order valence-electron chi connectivity index (χ0n) is 17.0. The summed E-state index contributed by atoms with van der Waals surface area (Å²) >= 11 is 0. The first-order valence-electron chi connectivity index (χ1n) is 9.82. The van der Waals surface area contributed by atoms with Crippen molar-refractivity contribution in [2.75, 3.05) is 11.6 Å². The number of aliphatic hydroxyl groups is 1. The van der Waals surface area contributed by atoms with Gasteiger partial charge in [-0.25, -0.2) is 10.2 Å². The molecule has 0 bridgehead atoms. The molecule has 0 unspecified atom stereocenters. The first-order chi connectivity index (χ1) is 15.6. The lowest BCUT2D eigenvalue weighted by molar-refractivity contribution is 0.299. The quantitative estimate of drug-likeness (QED) is 0.300. The minimum atomic E-state index is -0.511. The highest BCUT2D eigenvalue weighted by Gasteiger charge is 2.22. The van der Waals surface area contributed by atoms with Gasteiger partial charge in [0.15, 0.2) is 0 Å². The Balaban J connectivity index is 1.76. The van der Waals surface area contributed by atoms with Crippen molar-refractivity contribution in [1.82, 2.24) is 15.1 Å². The van der Waals surface area contributed by atoms with Crippen molar-refractivity contribution < 1.29 is 14.0 Å². The van der Waals surface area contributed by atoms with Crippen molar-refractivity contribution >= 4 is 17.1 Å². The van der Waals surface area contributed by atoms with Crippen LogP contribution in [0.3, 0.4) is 0 Å². The second-order valence-corrected chi connectivity index (χ2v) is 6.91. The number of rotatable bonds is 7. The summed E-state index contributed by atoms with van der Waals surface area (Å²) in [6, 6.07) is 16.9. The van der Waals surface area contributed by atoms with Gasteiger partial charge in [0.1, 0.15) is 11.5 Å². The molecule has 2 aromatic heterocycles. The third-order valence-electron chi connectivity index (χ3n) is 4.83. The van der Waals surface area contributed by atoms with Crippen molar-refractivity contribution in [2.45, 2.75) is 6.42 Å². The molecular weight excluding hydrogens is 411 g/mol. The van der Waals surface area contributed by atoms with E-state index in [4.69, 9.17) is 21.2 Å². The lowest BCUT2D eigenvalue weighted by Crippen LogP contribution is -2.32. The second-order valence-electron chi connectivity index (χ2n) is 6.91. The molecule has 0 radical (unpaired) electrons. The Hall–Kier alpha value is -4.08. The zero-order valence-corrected chi connectivity index (χ0v) is 17.0. The normalized spacial score (nSPS) is 11.8. The van der Waals surface area contributed by atoms with Crippen molar-refractivity contribution in [3.8, 4) is 11.4 Å². The SMILES string of the molecule is N/C(=C(/c1ccncc1)N(N)c1ccccc1F)c1nc(-c2ccc(CCO)cc2)no1. The highest BCUT2D eigenvalue weighted by atomic mass is 19.1. The first-order valence-corrected chi connectivity index (χ1v) is 9.82. The maximum Gasteiger partial charge on any atom is 0.276 e. The van der Waals surface area contributed by atoms with E-state index in [-0.39, 0.29) is 29.6 Å². The van der Waals surface area contributed by atoms with Crippen LogP contribution in [0.1, 0.15) is 17.0 Å². The topological polar surface area (TPSA) is 127 Å². The van der Waals surface area contributed by atoms with E-state index in [9.17, 15) is 4.39 Å². The van der Waals surface area contributed by atoms with Crippen LogP contribution in [0.2, 0.25) is 0 Å². The van der Waals surface area contributed by atoms with Gasteiger partial charge in [0.05, 0.1) is 11.4 Å². The van der Waals surface area contributed by atoms with Gasteiger partial charge in [-0.15, -0.1) is 0 Å². The Morgan fingerprint density at radius 1 is 1.03 bits per heavy atom. The lowest BCUT2D eigenvalue weighted by Gasteiger charge is -2.23. The molecule has 0 saturated carbocycles. The van der Waals surface area contributed by atoms with Gasteiger partial charge in [0.2, 0.25) is 5.82 Å². The Morgan fingerprint density at radius 2 is 1.75 bits per heavy atom. The average Bonchev–Trinajstić information content (AvgIpc) is 3.31. The lowest BCUT2D eigenvalue weighted by atomic mass is 10.1. The van der Waals surface area contributed by atoms with Crippen molar-refractivity contribution in [3.05, 3.63) is 95.9 Å². The molecule has 2 aromatic carbocycles. The highest BCUT2D eigenvalue weighted by molar-refractivity contribution is 5.93. The van der Waals surface area contributed by atoms with Crippen LogP contribution in [0, 0.1) is 5.82 Å². The van der Waals surface area contributed by atoms with Crippen molar-refractivity contribution in [3.63, 3.8) is 0 Å². The number of hydrazine groups is 1. The third-order valence-corrected chi connectivity index (χ3v) is 4.83. The van der Waals surface area contributed by atoms with Crippen LogP contribution in [-0.4, -0.2) is 26.8 Å². The van der Waals surface area contributed by atoms with Gasteiger partial charge in [0.25, 0.3) is 5.89 Å². The molecule has 0 spiro atoms. The number of hydrogen-bond donors (Lipinski definition) is 3. The molecule has 0 saturated heterocycles. The average molecular weight is 432 g/mol. The van der Waals surface area contributed by atoms with Crippen LogP contribution < -0.4 is 16.6 Å². The number of nitrogens with zero attached hydrogens (tertiary/aromatic N) is 4. The largest absolute Gasteiger partial charge is 0.396 e. The molecule has 32 heavy (non-hydrogen) atoms. The van der Waals surface area contributed by atoms with Gasteiger partial charge in [-0.2, -0.15) is 4.98 Å². The maximum atomic E-state index is 14.4. The number of halogens is 1. The molecule has 0 fully saturated rings.